The molecule has 0 radical (unpaired) electrons. The van der Waals surface area contributed by atoms with E-state index in [2.05, 4.69) is 38.5 Å². The molecular formula is C21H23FN4. The lowest BCUT2D eigenvalue weighted by Crippen LogP contribution is -2.29. The van der Waals surface area contributed by atoms with Crippen molar-refractivity contribution in [3.8, 4) is 22.4 Å². The first-order chi connectivity index (χ1) is 12.8. The van der Waals surface area contributed by atoms with Crippen molar-refractivity contribution in [1.82, 2.24) is 14.9 Å². The van der Waals surface area contributed by atoms with Gasteiger partial charge in [-0.1, -0.05) is 12.1 Å². The van der Waals surface area contributed by atoms with Crippen molar-refractivity contribution in [2.24, 2.45) is 0 Å². The Kier molecular flexibility index (Phi) is 4.71. The van der Waals surface area contributed by atoms with Crippen LogP contribution in [0.3, 0.4) is 0 Å². The Morgan fingerprint density at radius 1 is 1.08 bits per heavy atom. The van der Waals surface area contributed by atoms with Gasteiger partial charge in [0, 0.05) is 36.6 Å². The first-order valence-corrected chi connectivity index (χ1v) is 9.08. The maximum atomic E-state index is 13.4. The standard InChI is InChI=1S/C21H23FN4/c1-23-20-14-16(6-12-25-20)21-19(15-2-4-17(22)5-3-15)9-13-26(21)18-7-10-24-11-8-18/h2-6,9,12-14,18,24H,7-8,10-11H2,1H3,(H,23,25). The van der Waals surface area contributed by atoms with Crippen LogP contribution in [0.15, 0.2) is 54.9 Å². The second-order valence-corrected chi connectivity index (χ2v) is 6.65. The van der Waals surface area contributed by atoms with Gasteiger partial charge in [0.25, 0.3) is 0 Å². The number of rotatable bonds is 4. The molecule has 26 heavy (non-hydrogen) atoms. The van der Waals surface area contributed by atoms with Crippen LogP contribution in [-0.2, 0) is 0 Å². The van der Waals surface area contributed by atoms with Crippen LogP contribution >= 0.6 is 0 Å². The van der Waals surface area contributed by atoms with Crippen LogP contribution < -0.4 is 10.6 Å². The summed E-state index contributed by atoms with van der Waals surface area (Å²) in [7, 11) is 1.87. The molecule has 1 aliphatic rings. The number of pyridine rings is 1. The minimum absolute atomic E-state index is 0.213. The van der Waals surface area contributed by atoms with E-state index in [9.17, 15) is 4.39 Å². The molecule has 0 aliphatic carbocycles. The molecule has 0 saturated carbocycles. The Hall–Kier alpha value is -2.66. The number of benzene rings is 1. The average Bonchev–Trinajstić information content (AvgIpc) is 3.14. The molecule has 0 unspecified atom stereocenters. The molecule has 1 fully saturated rings. The van der Waals surface area contributed by atoms with Crippen LogP contribution in [0.5, 0.6) is 0 Å². The van der Waals surface area contributed by atoms with Crippen molar-refractivity contribution in [2.45, 2.75) is 18.9 Å². The van der Waals surface area contributed by atoms with Gasteiger partial charge in [-0.15, -0.1) is 0 Å². The van der Waals surface area contributed by atoms with Crippen molar-refractivity contribution < 1.29 is 4.39 Å². The zero-order valence-electron chi connectivity index (χ0n) is 14.9. The maximum absolute atomic E-state index is 13.4. The number of nitrogens with zero attached hydrogens (tertiary/aromatic N) is 2. The number of nitrogens with one attached hydrogen (secondary N) is 2. The van der Waals surface area contributed by atoms with Gasteiger partial charge in [0.15, 0.2) is 0 Å². The summed E-state index contributed by atoms with van der Waals surface area (Å²) in [6, 6.07) is 13.5. The lowest BCUT2D eigenvalue weighted by Gasteiger charge is -2.27. The number of halogens is 1. The topological polar surface area (TPSA) is 41.9 Å². The van der Waals surface area contributed by atoms with Crippen molar-refractivity contribution in [3.05, 3.63) is 60.7 Å². The summed E-state index contributed by atoms with van der Waals surface area (Å²) < 4.78 is 15.8. The predicted octanol–water partition coefficient (Wildman–Crippen LogP) is 4.32. The van der Waals surface area contributed by atoms with Gasteiger partial charge in [-0.2, -0.15) is 0 Å². The minimum Gasteiger partial charge on any atom is -0.373 e. The first kappa shape index (κ1) is 16.8. The minimum atomic E-state index is -0.213. The number of anilines is 1. The maximum Gasteiger partial charge on any atom is 0.126 e. The molecule has 0 atom stereocenters. The molecular weight excluding hydrogens is 327 g/mol. The number of hydrogen-bond donors (Lipinski definition) is 2. The predicted molar refractivity (Wildman–Crippen MR) is 104 cm³/mol. The van der Waals surface area contributed by atoms with E-state index in [1.165, 1.54) is 17.8 Å². The molecule has 1 aliphatic heterocycles. The Morgan fingerprint density at radius 2 is 1.85 bits per heavy atom. The molecule has 3 aromatic rings. The lowest BCUT2D eigenvalue weighted by molar-refractivity contribution is 0.371. The monoisotopic (exact) mass is 350 g/mol. The van der Waals surface area contributed by atoms with Crippen LogP contribution in [0, 0.1) is 5.82 Å². The molecule has 5 heteroatoms. The largest absolute Gasteiger partial charge is 0.373 e. The fourth-order valence-corrected chi connectivity index (χ4v) is 3.72. The van der Waals surface area contributed by atoms with E-state index in [1.807, 2.05) is 31.4 Å². The van der Waals surface area contributed by atoms with Gasteiger partial charge in [-0.05, 0) is 61.8 Å². The van der Waals surface area contributed by atoms with E-state index in [-0.39, 0.29) is 5.82 Å². The van der Waals surface area contributed by atoms with Crippen LogP contribution in [-0.4, -0.2) is 29.7 Å². The van der Waals surface area contributed by atoms with Crippen molar-refractivity contribution in [1.29, 1.82) is 0 Å². The summed E-state index contributed by atoms with van der Waals surface area (Å²) in [6.07, 6.45) is 6.21. The fraction of sp³-hybridized carbons (Fsp3) is 0.286. The van der Waals surface area contributed by atoms with Gasteiger partial charge >= 0.3 is 0 Å². The summed E-state index contributed by atoms with van der Waals surface area (Å²) in [5, 5.41) is 6.55. The van der Waals surface area contributed by atoms with E-state index >= 15 is 0 Å². The van der Waals surface area contributed by atoms with Gasteiger partial charge in [-0.25, -0.2) is 9.37 Å². The van der Waals surface area contributed by atoms with Gasteiger partial charge in [0.1, 0.15) is 11.6 Å². The second-order valence-electron chi connectivity index (χ2n) is 6.65. The van der Waals surface area contributed by atoms with E-state index in [0.29, 0.717) is 6.04 Å². The normalized spacial score (nSPS) is 15.2. The SMILES string of the molecule is CNc1cc(-c2c(-c3ccc(F)cc3)ccn2C2CCNCC2)ccn1. The number of piperidine rings is 1. The van der Waals surface area contributed by atoms with Crippen LogP contribution in [0.2, 0.25) is 0 Å². The number of aromatic nitrogens is 2. The van der Waals surface area contributed by atoms with Crippen molar-refractivity contribution >= 4 is 5.82 Å². The van der Waals surface area contributed by atoms with E-state index in [0.717, 1.165) is 48.4 Å². The summed E-state index contributed by atoms with van der Waals surface area (Å²) in [5.74, 6) is 0.625. The third kappa shape index (κ3) is 3.22. The quantitative estimate of drug-likeness (QED) is 0.736. The van der Waals surface area contributed by atoms with Crippen molar-refractivity contribution in [3.63, 3.8) is 0 Å². The molecule has 0 spiro atoms. The molecule has 2 aromatic heterocycles. The van der Waals surface area contributed by atoms with Gasteiger partial charge in [-0.3, -0.25) is 0 Å². The zero-order chi connectivity index (χ0) is 17.9. The summed E-state index contributed by atoms with van der Waals surface area (Å²) in [5.41, 5.74) is 4.43. The average molecular weight is 350 g/mol. The molecule has 1 aromatic carbocycles. The van der Waals surface area contributed by atoms with Gasteiger partial charge in [0.2, 0.25) is 0 Å². The summed E-state index contributed by atoms with van der Waals surface area (Å²) >= 11 is 0. The highest BCUT2D eigenvalue weighted by Crippen LogP contribution is 2.37. The highest BCUT2D eigenvalue weighted by atomic mass is 19.1. The molecule has 0 amide bonds. The Bertz CT molecular complexity index is 879. The Morgan fingerprint density at radius 3 is 2.58 bits per heavy atom. The molecule has 1 saturated heterocycles. The van der Waals surface area contributed by atoms with Crippen LogP contribution in [0.4, 0.5) is 10.2 Å². The summed E-state index contributed by atoms with van der Waals surface area (Å²) in [6.45, 7) is 2.07. The first-order valence-electron chi connectivity index (χ1n) is 9.08. The second kappa shape index (κ2) is 7.30. The highest BCUT2D eigenvalue weighted by Gasteiger charge is 2.21. The molecule has 4 rings (SSSR count). The Labute approximate surface area is 153 Å². The Balaban J connectivity index is 1.86. The highest BCUT2D eigenvalue weighted by molar-refractivity contribution is 5.82. The molecule has 134 valence electrons. The third-order valence-electron chi connectivity index (χ3n) is 5.06. The van der Waals surface area contributed by atoms with Crippen molar-refractivity contribution in [2.75, 3.05) is 25.5 Å². The zero-order valence-corrected chi connectivity index (χ0v) is 14.9. The van der Waals surface area contributed by atoms with Crippen LogP contribution in [0.1, 0.15) is 18.9 Å². The van der Waals surface area contributed by atoms with Crippen LogP contribution in [0.25, 0.3) is 22.4 Å². The van der Waals surface area contributed by atoms with Gasteiger partial charge in [0.05, 0.1) is 5.69 Å². The molecule has 0 bridgehead atoms. The molecule has 2 N–H and O–H groups in total. The third-order valence-corrected chi connectivity index (χ3v) is 5.06. The number of hydrogen-bond acceptors (Lipinski definition) is 3. The summed E-state index contributed by atoms with van der Waals surface area (Å²) in [4.78, 5) is 4.34. The van der Waals surface area contributed by atoms with Gasteiger partial charge < -0.3 is 15.2 Å². The van der Waals surface area contributed by atoms with E-state index < -0.39 is 0 Å². The smallest absolute Gasteiger partial charge is 0.126 e. The lowest BCUT2D eigenvalue weighted by atomic mass is 10.00. The molecule has 4 nitrogen and oxygen atoms in total. The van der Waals surface area contributed by atoms with E-state index in [1.54, 1.807) is 0 Å². The fourth-order valence-electron chi connectivity index (χ4n) is 3.72. The molecule has 3 heterocycles. The van der Waals surface area contributed by atoms with E-state index in [4.69, 9.17) is 0 Å².